The molecular weight excluding hydrogens is 260 g/mol. The molecule has 0 fully saturated rings. The van der Waals surface area contributed by atoms with Crippen LogP contribution in [0.25, 0.3) is 0 Å². The highest BCUT2D eigenvalue weighted by molar-refractivity contribution is 5.59. The van der Waals surface area contributed by atoms with Crippen LogP contribution in [-0.2, 0) is 6.54 Å². The summed E-state index contributed by atoms with van der Waals surface area (Å²) in [6.07, 6.45) is 0. The van der Waals surface area contributed by atoms with Gasteiger partial charge < -0.3 is 5.73 Å². The van der Waals surface area contributed by atoms with E-state index in [9.17, 15) is 14.9 Å². The predicted octanol–water partition coefficient (Wildman–Crippen LogP) is 1.40. The Bertz CT molecular complexity index is 737. The van der Waals surface area contributed by atoms with Crippen LogP contribution in [0, 0.1) is 24.0 Å². The number of nitro benzene ring substituents is 1. The molecule has 1 heterocycles. The molecule has 0 radical (unpaired) electrons. The number of nitro groups is 1. The lowest BCUT2D eigenvalue weighted by molar-refractivity contribution is -0.383. The van der Waals surface area contributed by atoms with Crippen LogP contribution in [0.3, 0.4) is 0 Å². The fraction of sp³-hybridized carbons (Fsp3) is 0.231. The Morgan fingerprint density at radius 2 is 2.05 bits per heavy atom. The van der Waals surface area contributed by atoms with E-state index in [0.717, 1.165) is 0 Å². The van der Waals surface area contributed by atoms with Crippen molar-refractivity contribution in [3.63, 3.8) is 0 Å². The van der Waals surface area contributed by atoms with Gasteiger partial charge in [0.15, 0.2) is 0 Å². The van der Waals surface area contributed by atoms with Crippen LogP contribution in [0.5, 0.6) is 0 Å². The Balaban J connectivity index is 2.39. The van der Waals surface area contributed by atoms with Crippen LogP contribution in [0.1, 0.15) is 17.1 Å². The third-order valence-electron chi connectivity index (χ3n) is 2.96. The second-order valence-corrected chi connectivity index (χ2v) is 4.52. The lowest BCUT2D eigenvalue weighted by Gasteiger charge is -2.10. The quantitative estimate of drug-likeness (QED) is 0.517. The van der Waals surface area contributed by atoms with Gasteiger partial charge in [-0.15, -0.1) is 0 Å². The van der Waals surface area contributed by atoms with E-state index >= 15 is 0 Å². The molecule has 0 bridgehead atoms. The molecular formula is C13H14N4O3. The fourth-order valence-corrected chi connectivity index (χ4v) is 2.01. The fourth-order valence-electron chi connectivity index (χ4n) is 2.01. The normalized spacial score (nSPS) is 10.5. The van der Waals surface area contributed by atoms with Gasteiger partial charge in [0.1, 0.15) is 11.5 Å². The highest BCUT2D eigenvalue weighted by Gasteiger charge is 2.12. The SMILES string of the molecule is Cc1cc(=O)n(Cc2ccc([N+](=O)[O-])c(N)c2)c(C)n1. The van der Waals surface area contributed by atoms with Gasteiger partial charge in [0.05, 0.1) is 11.5 Å². The van der Waals surface area contributed by atoms with E-state index in [2.05, 4.69) is 4.98 Å². The van der Waals surface area contributed by atoms with E-state index in [0.29, 0.717) is 17.1 Å². The molecule has 7 nitrogen and oxygen atoms in total. The van der Waals surface area contributed by atoms with Gasteiger partial charge in [-0.25, -0.2) is 4.98 Å². The smallest absolute Gasteiger partial charge is 0.292 e. The second kappa shape index (κ2) is 5.12. The minimum absolute atomic E-state index is 0.0817. The molecule has 2 N–H and O–H groups in total. The lowest BCUT2D eigenvalue weighted by Crippen LogP contribution is -2.24. The van der Waals surface area contributed by atoms with Gasteiger partial charge in [-0.2, -0.15) is 0 Å². The summed E-state index contributed by atoms with van der Waals surface area (Å²) in [5.41, 5.74) is 6.79. The van der Waals surface area contributed by atoms with Crippen molar-refractivity contribution in [2.75, 3.05) is 5.73 Å². The van der Waals surface area contributed by atoms with E-state index in [4.69, 9.17) is 5.73 Å². The molecule has 0 atom stereocenters. The summed E-state index contributed by atoms with van der Waals surface area (Å²) in [4.78, 5) is 26.3. The summed E-state index contributed by atoms with van der Waals surface area (Å²) in [5.74, 6) is 0.590. The number of hydrogen-bond acceptors (Lipinski definition) is 5. The van der Waals surface area contributed by atoms with Crippen molar-refractivity contribution in [2.45, 2.75) is 20.4 Å². The molecule has 20 heavy (non-hydrogen) atoms. The maximum Gasteiger partial charge on any atom is 0.292 e. The number of nitrogen functional groups attached to an aromatic ring is 1. The molecule has 0 saturated carbocycles. The first-order valence-electron chi connectivity index (χ1n) is 5.96. The van der Waals surface area contributed by atoms with E-state index in [-0.39, 0.29) is 23.5 Å². The molecule has 0 saturated heterocycles. The van der Waals surface area contributed by atoms with E-state index in [1.165, 1.54) is 22.8 Å². The molecule has 0 unspecified atom stereocenters. The number of aromatic nitrogens is 2. The highest BCUT2D eigenvalue weighted by Crippen LogP contribution is 2.22. The number of rotatable bonds is 3. The number of hydrogen-bond donors (Lipinski definition) is 1. The minimum atomic E-state index is -0.538. The average molecular weight is 274 g/mol. The predicted molar refractivity (Wildman–Crippen MR) is 74.6 cm³/mol. The zero-order valence-electron chi connectivity index (χ0n) is 11.2. The van der Waals surface area contributed by atoms with Gasteiger partial charge >= 0.3 is 0 Å². The molecule has 0 aliphatic heterocycles. The monoisotopic (exact) mass is 274 g/mol. The summed E-state index contributed by atoms with van der Waals surface area (Å²) >= 11 is 0. The first-order valence-corrected chi connectivity index (χ1v) is 5.96. The molecule has 2 aromatic rings. The Hall–Kier alpha value is -2.70. The van der Waals surface area contributed by atoms with Gasteiger partial charge in [0, 0.05) is 17.8 Å². The molecule has 0 aliphatic carbocycles. The van der Waals surface area contributed by atoms with Crippen LogP contribution in [0.15, 0.2) is 29.1 Å². The highest BCUT2D eigenvalue weighted by atomic mass is 16.6. The Morgan fingerprint density at radius 1 is 1.35 bits per heavy atom. The second-order valence-electron chi connectivity index (χ2n) is 4.52. The standard InChI is InChI=1S/C13H14N4O3/c1-8-5-13(18)16(9(2)15-8)7-10-3-4-12(17(19)20)11(14)6-10/h3-6H,7,14H2,1-2H3. The van der Waals surface area contributed by atoms with Crippen molar-refractivity contribution < 1.29 is 4.92 Å². The van der Waals surface area contributed by atoms with E-state index in [1.54, 1.807) is 19.9 Å². The Labute approximate surface area is 114 Å². The Morgan fingerprint density at radius 3 is 2.60 bits per heavy atom. The molecule has 2 rings (SSSR count). The topological polar surface area (TPSA) is 104 Å². The summed E-state index contributed by atoms with van der Waals surface area (Å²) in [7, 11) is 0. The molecule has 1 aromatic heterocycles. The molecule has 0 spiro atoms. The van der Waals surface area contributed by atoms with Gasteiger partial charge in [-0.05, 0) is 25.5 Å². The number of nitrogens with zero attached hydrogens (tertiary/aromatic N) is 3. The maximum atomic E-state index is 11.9. The summed E-state index contributed by atoms with van der Waals surface area (Å²) in [6, 6.07) is 5.87. The average Bonchev–Trinajstić information content (AvgIpc) is 2.33. The number of benzene rings is 1. The van der Waals surface area contributed by atoms with Crippen LogP contribution < -0.4 is 11.3 Å². The summed E-state index contributed by atoms with van der Waals surface area (Å²) < 4.78 is 1.49. The van der Waals surface area contributed by atoms with Gasteiger partial charge in [0.25, 0.3) is 11.2 Å². The number of anilines is 1. The van der Waals surface area contributed by atoms with Crippen LogP contribution in [0.4, 0.5) is 11.4 Å². The lowest BCUT2D eigenvalue weighted by atomic mass is 10.1. The molecule has 104 valence electrons. The summed E-state index contributed by atoms with van der Waals surface area (Å²) in [6.45, 7) is 3.77. The zero-order valence-corrected chi connectivity index (χ0v) is 11.2. The molecule has 0 amide bonds. The summed E-state index contributed by atoms with van der Waals surface area (Å²) in [5, 5.41) is 10.7. The van der Waals surface area contributed by atoms with Crippen molar-refractivity contribution in [3.8, 4) is 0 Å². The van der Waals surface area contributed by atoms with Gasteiger partial charge in [-0.1, -0.05) is 6.07 Å². The van der Waals surface area contributed by atoms with Crippen molar-refractivity contribution in [1.29, 1.82) is 0 Å². The van der Waals surface area contributed by atoms with Crippen molar-refractivity contribution >= 4 is 11.4 Å². The van der Waals surface area contributed by atoms with E-state index in [1.807, 2.05) is 0 Å². The van der Waals surface area contributed by atoms with Crippen LogP contribution in [0.2, 0.25) is 0 Å². The van der Waals surface area contributed by atoms with Gasteiger partial charge in [-0.3, -0.25) is 19.5 Å². The first kappa shape index (κ1) is 13.7. The van der Waals surface area contributed by atoms with Crippen molar-refractivity contribution in [1.82, 2.24) is 9.55 Å². The largest absolute Gasteiger partial charge is 0.393 e. The number of nitrogens with two attached hydrogens (primary N) is 1. The third-order valence-corrected chi connectivity index (χ3v) is 2.96. The molecule has 0 aliphatic rings. The van der Waals surface area contributed by atoms with Crippen molar-refractivity contribution in [3.05, 3.63) is 61.8 Å². The zero-order chi connectivity index (χ0) is 14.9. The van der Waals surface area contributed by atoms with Crippen molar-refractivity contribution in [2.24, 2.45) is 0 Å². The first-order chi connectivity index (χ1) is 9.38. The Kier molecular flexibility index (Phi) is 3.51. The molecule has 7 heteroatoms. The number of aryl methyl sites for hydroxylation is 2. The third kappa shape index (κ3) is 2.66. The van der Waals surface area contributed by atoms with Crippen LogP contribution in [-0.4, -0.2) is 14.5 Å². The minimum Gasteiger partial charge on any atom is -0.393 e. The van der Waals surface area contributed by atoms with E-state index < -0.39 is 4.92 Å². The maximum absolute atomic E-state index is 11.9. The van der Waals surface area contributed by atoms with Crippen LogP contribution >= 0.6 is 0 Å². The van der Waals surface area contributed by atoms with Gasteiger partial charge in [0.2, 0.25) is 0 Å². The molecule has 1 aromatic carbocycles.